The summed E-state index contributed by atoms with van der Waals surface area (Å²) >= 11 is 0. The molecule has 1 N–H and O–H groups in total. The molecule has 0 amide bonds. The van der Waals surface area contributed by atoms with Crippen LogP contribution in [-0.4, -0.2) is 20.8 Å². The van der Waals surface area contributed by atoms with Gasteiger partial charge in [0.15, 0.2) is 0 Å². The molecule has 0 heterocycles. The van der Waals surface area contributed by atoms with Crippen molar-refractivity contribution >= 4 is 0 Å². The molecule has 90 valence electrons. The van der Waals surface area contributed by atoms with E-state index >= 15 is 0 Å². The van der Waals surface area contributed by atoms with Crippen LogP contribution in [0.4, 0.5) is 13.2 Å². The first-order valence-electron chi connectivity index (χ1n) is 4.82. The summed E-state index contributed by atoms with van der Waals surface area (Å²) in [5.74, 6) is 0. The molecular formula is C11H14F3NO. The number of alkyl halides is 3. The summed E-state index contributed by atoms with van der Waals surface area (Å²) in [5.41, 5.74) is -0.0690. The Labute approximate surface area is 92.4 Å². The molecule has 0 saturated carbocycles. The lowest BCUT2D eigenvalue weighted by Crippen LogP contribution is -2.21. The van der Waals surface area contributed by atoms with Crippen LogP contribution in [-0.2, 0) is 10.9 Å². The summed E-state index contributed by atoms with van der Waals surface area (Å²) in [7, 11) is 3.20. The maximum absolute atomic E-state index is 12.5. The summed E-state index contributed by atoms with van der Waals surface area (Å²) in [6.45, 7) is 0.331. The van der Waals surface area contributed by atoms with Gasteiger partial charge in [-0.15, -0.1) is 0 Å². The fraction of sp³-hybridized carbons (Fsp3) is 0.455. The smallest absolute Gasteiger partial charge is 0.383 e. The van der Waals surface area contributed by atoms with Crippen LogP contribution in [0.3, 0.4) is 0 Å². The normalized spacial score (nSPS) is 13.8. The van der Waals surface area contributed by atoms with Gasteiger partial charge in [-0.3, -0.25) is 0 Å². The largest absolute Gasteiger partial charge is 0.416 e. The summed E-state index contributed by atoms with van der Waals surface area (Å²) in [4.78, 5) is 0. The maximum atomic E-state index is 12.5. The van der Waals surface area contributed by atoms with E-state index in [1.807, 2.05) is 0 Å². The van der Waals surface area contributed by atoms with Crippen LogP contribution in [0.5, 0.6) is 0 Å². The van der Waals surface area contributed by atoms with Crippen LogP contribution in [0.15, 0.2) is 24.3 Å². The lowest BCUT2D eigenvalue weighted by molar-refractivity contribution is -0.137. The number of halogens is 3. The topological polar surface area (TPSA) is 21.3 Å². The average Bonchev–Trinajstić information content (AvgIpc) is 2.25. The van der Waals surface area contributed by atoms with E-state index in [4.69, 9.17) is 4.74 Å². The van der Waals surface area contributed by atoms with Gasteiger partial charge >= 0.3 is 6.18 Å². The zero-order valence-electron chi connectivity index (χ0n) is 9.14. The zero-order valence-corrected chi connectivity index (χ0v) is 9.14. The van der Waals surface area contributed by atoms with Crippen LogP contribution in [0.25, 0.3) is 0 Å². The number of likely N-dealkylation sites (N-methyl/N-ethyl adjacent to an activating group) is 1. The number of methoxy groups -OCH3 is 1. The summed E-state index contributed by atoms with van der Waals surface area (Å²) in [6.07, 6.45) is -4.30. The number of ether oxygens (including phenoxy) is 1. The number of nitrogens with one attached hydrogen (secondary N) is 1. The second kappa shape index (κ2) is 5.32. The molecule has 0 aliphatic rings. The van der Waals surface area contributed by atoms with Crippen LogP contribution in [0, 0.1) is 0 Å². The summed E-state index contributed by atoms with van der Waals surface area (Å²) < 4.78 is 42.3. The minimum atomic E-state index is -4.30. The van der Waals surface area contributed by atoms with Gasteiger partial charge in [-0.05, 0) is 24.7 Å². The molecule has 1 aromatic rings. The van der Waals surface area contributed by atoms with Gasteiger partial charge in [-0.2, -0.15) is 13.2 Å². The first-order chi connectivity index (χ1) is 7.49. The van der Waals surface area contributed by atoms with Gasteiger partial charge in [-0.1, -0.05) is 12.1 Å². The van der Waals surface area contributed by atoms with Gasteiger partial charge < -0.3 is 10.1 Å². The molecule has 0 bridgehead atoms. The molecule has 1 aromatic carbocycles. The van der Waals surface area contributed by atoms with Crippen molar-refractivity contribution in [1.82, 2.24) is 5.32 Å². The van der Waals surface area contributed by atoms with E-state index in [1.54, 1.807) is 13.1 Å². The number of hydrogen-bond acceptors (Lipinski definition) is 2. The highest BCUT2D eigenvalue weighted by atomic mass is 19.4. The zero-order chi connectivity index (χ0) is 12.2. The molecule has 0 fully saturated rings. The van der Waals surface area contributed by atoms with E-state index in [0.29, 0.717) is 12.2 Å². The van der Waals surface area contributed by atoms with Gasteiger partial charge in [0.05, 0.1) is 18.2 Å². The minimum absolute atomic E-state index is 0.229. The third kappa shape index (κ3) is 3.21. The van der Waals surface area contributed by atoms with Crippen molar-refractivity contribution in [2.24, 2.45) is 0 Å². The Kier molecular flexibility index (Phi) is 4.32. The van der Waals surface area contributed by atoms with Crippen molar-refractivity contribution in [2.75, 3.05) is 20.8 Å². The molecular weight excluding hydrogens is 219 g/mol. The van der Waals surface area contributed by atoms with Crippen LogP contribution >= 0.6 is 0 Å². The van der Waals surface area contributed by atoms with Gasteiger partial charge in [0.2, 0.25) is 0 Å². The van der Waals surface area contributed by atoms with E-state index in [-0.39, 0.29) is 6.04 Å². The molecule has 2 nitrogen and oxygen atoms in total. The monoisotopic (exact) mass is 233 g/mol. The van der Waals surface area contributed by atoms with Crippen molar-refractivity contribution in [3.05, 3.63) is 35.4 Å². The molecule has 0 saturated heterocycles. The average molecular weight is 233 g/mol. The van der Waals surface area contributed by atoms with E-state index in [9.17, 15) is 13.2 Å². The molecule has 0 spiro atoms. The van der Waals surface area contributed by atoms with Crippen molar-refractivity contribution in [3.63, 3.8) is 0 Å². The third-order valence-corrected chi connectivity index (χ3v) is 2.30. The lowest BCUT2D eigenvalue weighted by atomic mass is 10.0. The van der Waals surface area contributed by atoms with Gasteiger partial charge in [-0.25, -0.2) is 0 Å². The Morgan fingerprint density at radius 3 is 2.56 bits per heavy atom. The van der Waals surface area contributed by atoms with Crippen molar-refractivity contribution in [1.29, 1.82) is 0 Å². The van der Waals surface area contributed by atoms with E-state index in [2.05, 4.69) is 5.32 Å². The second-order valence-electron chi connectivity index (χ2n) is 3.42. The van der Waals surface area contributed by atoms with Gasteiger partial charge in [0.25, 0.3) is 0 Å². The minimum Gasteiger partial charge on any atom is -0.383 e. The van der Waals surface area contributed by atoms with Crippen molar-refractivity contribution < 1.29 is 17.9 Å². The molecule has 0 radical (unpaired) electrons. The quantitative estimate of drug-likeness (QED) is 0.863. The molecule has 0 unspecified atom stereocenters. The first-order valence-corrected chi connectivity index (χ1v) is 4.82. The Morgan fingerprint density at radius 2 is 2.06 bits per heavy atom. The van der Waals surface area contributed by atoms with Crippen LogP contribution < -0.4 is 5.32 Å². The molecule has 5 heteroatoms. The Bertz CT molecular complexity index is 338. The van der Waals surface area contributed by atoms with Crippen molar-refractivity contribution in [2.45, 2.75) is 12.2 Å². The highest BCUT2D eigenvalue weighted by molar-refractivity contribution is 5.28. The molecule has 0 aliphatic heterocycles. The summed E-state index contributed by atoms with van der Waals surface area (Å²) in [6, 6.07) is 5.02. The highest BCUT2D eigenvalue weighted by Crippen LogP contribution is 2.30. The molecule has 0 aliphatic carbocycles. The second-order valence-corrected chi connectivity index (χ2v) is 3.42. The predicted molar refractivity (Wildman–Crippen MR) is 55.1 cm³/mol. The lowest BCUT2D eigenvalue weighted by Gasteiger charge is -2.17. The Morgan fingerprint density at radius 1 is 1.38 bits per heavy atom. The van der Waals surface area contributed by atoms with Crippen LogP contribution in [0.2, 0.25) is 0 Å². The Hall–Kier alpha value is -1.07. The van der Waals surface area contributed by atoms with Crippen molar-refractivity contribution in [3.8, 4) is 0 Å². The standard InChI is InChI=1S/C11H14F3NO/c1-15-10(7-16-2)8-4-3-5-9(6-8)11(12,13)14/h3-6,10,15H,7H2,1-2H3/t10-/m0/s1. The SMILES string of the molecule is CN[C@@H](COC)c1cccc(C(F)(F)F)c1. The fourth-order valence-electron chi connectivity index (χ4n) is 1.44. The molecule has 0 aromatic heterocycles. The summed E-state index contributed by atoms with van der Waals surface area (Å²) in [5, 5.41) is 2.91. The third-order valence-electron chi connectivity index (χ3n) is 2.30. The maximum Gasteiger partial charge on any atom is 0.416 e. The van der Waals surface area contributed by atoms with E-state index < -0.39 is 11.7 Å². The van der Waals surface area contributed by atoms with Gasteiger partial charge in [0.1, 0.15) is 0 Å². The van der Waals surface area contributed by atoms with E-state index in [0.717, 1.165) is 12.1 Å². The molecule has 1 atom stereocenters. The van der Waals surface area contributed by atoms with Gasteiger partial charge in [0, 0.05) is 7.11 Å². The number of rotatable bonds is 4. The van der Waals surface area contributed by atoms with E-state index in [1.165, 1.54) is 13.2 Å². The molecule has 1 rings (SSSR count). The molecule has 16 heavy (non-hydrogen) atoms. The highest BCUT2D eigenvalue weighted by Gasteiger charge is 2.30. The Balaban J connectivity index is 2.97. The predicted octanol–water partition coefficient (Wildman–Crippen LogP) is 2.61. The number of hydrogen-bond donors (Lipinski definition) is 1. The van der Waals surface area contributed by atoms with Crippen LogP contribution in [0.1, 0.15) is 17.2 Å². The number of benzene rings is 1. The fourth-order valence-corrected chi connectivity index (χ4v) is 1.44. The first kappa shape index (κ1) is 13.0.